The zero-order chi connectivity index (χ0) is 18.5. The lowest BCUT2D eigenvalue weighted by Gasteiger charge is -2.02. The van der Waals surface area contributed by atoms with E-state index in [-0.39, 0.29) is 17.4 Å². The second-order valence-electron chi connectivity index (χ2n) is 5.44. The number of hydrogen-bond acceptors (Lipinski definition) is 5. The largest absolute Gasteiger partial charge is 0.494 e. The minimum absolute atomic E-state index is 0.0803. The number of esters is 1. The fraction of sp³-hybridized carbons (Fsp3) is 0. The monoisotopic (exact) mass is 349 g/mol. The number of aromatic hydroxyl groups is 2. The van der Waals surface area contributed by atoms with Gasteiger partial charge >= 0.3 is 5.97 Å². The predicted molar refractivity (Wildman–Crippen MR) is 95.1 cm³/mol. The molecule has 3 N–H and O–H groups in total. The number of carbonyl (C=O) groups is 2. The Morgan fingerprint density at radius 3 is 2.19 bits per heavy atom. The van der Waals surface area contributed by atoms with Gasteiger partial charge in [0.05, 0.1) is 0 Å². The summed E-state index contributed by atoms with van der Waals surface area (Å²) >= 11 is 0. The molecule has 0 unspecified atom stereocenters. The van der Waals surface area contributed by atoms with Crippen LogP contribution in [0.1, 0.15) is 21.5 Å². The molecule has 0 spiro atoms. The molecule has 3 aromatic rings. The van der Waals surface area contributed by atoms with Gasteiger partial charge in [0.15, 0.2) is 17.4 Å². The molecule has 2 aromatic carbocycles. The summed E-state index contributed by atoms with van der Waals surface area (Å²) in [5.41, 5.74) is 1.85. The average Bonchev–Trinajstić information content (AvgIpc) is 2.97. The molecule has 1 aromatic heterocycles. The van der Waals surface area contributed by atoms with E-state index in [0.717, 1.165) is 6.07 Å². The number of ketones is 1. The van der Waals surface area contributed by atoms with Crippen molar-refractivity contribution in [1.82, 2.24) is 4.98 Å². The highest BCUT2D eigenvalue weighted by Gasteiger charge is 2.11. The smallest absolute Gasteiger partial charge is 0.336 e. The number of aromatic amines is 1. The van der Waals surface area contributed by atoms with Crippen molar-refractivity contribution < 1.29 is 24.5 Å². The van der Waals surface area contributed by atoms with E-state index >= 15 is 0 Å². The van der Waals surface area contributed by atoms with E-state index in [1.165, 1.54) is 12.2 Å². The number of aromatic nitrogens is 1. The summed E-state index contributed by atoms with van der Waals surface area (Å²) in [4.78, 5) is 26.3. The lowest BCUT2D eigenvalue weighted by Crippen LogP contribution is -2.03. The Balaban J connectivity index is 1.65. The Morgan fingerprint density at radius 1 is 0.923 bits per heavy atom. The van der Waals surface area contributed by atoms with Crippen LogP contribution in [0.3, 0.4) is 0 Å². The van der Waals surface area contributed by atoms with Crippen molar-refractivity contribution in [2.75, 3.05) is 0 Å². The van der Waals surface area contributed by atoms with E-state index in [1.807, 2.05) is 6.07 Å². The van der Waals surface area contributed by atoms with Crippen LogP contribution in [0.5, 0.6) is 17.5 Å². The van der Waals surface area contributed by atoms with Crippen LogP contribution in [0, 0.1) is 0 Å². The van der Waals surface area contributed by atoms with Crippen LogP contribution in [0.2, 0.25) is 0 Å². The number of rotatable bonds is 5. The molecule has 0 bridgehead atoms. The van der Waals surface area contributed by atoms with Crippen LogP contribution < -0.4 is 4.74 Å². The van der Waals surface area contributed by atoms with Gasteiger partial charge in [0.25, 0.3) is 0 Å². The average molecular weight is 349 g/mol. The number of carbonyl (C=O) groups excluding carboxylic acids is 2. The first kappa shape index (κ1) is 17.0. The molecule has 0 saturated heterocycles. The maximum absolute atomic E-state index is 12.3. The summed E-state index contributed by atoms with van der Waals surface area (Å²) in [6, 6.07) is 16.8. The molecule has 0 saturated carbocycles. The van der Waals surface area contributed by atoms with Gasteiger partial charge in [0, 0.05) is 23.3 Å². The van der Waals surface area contributed by atoms with Gasteiger partial charge in [-0.3, -0.25) is 9.78 Å². The third-order valence-electron chi connectivity index (χ3n) is 3.58. The van der Waals surface area contributed by atoms with E-state index in [4.69, 9.17) is 9.84 Å². The Kier molecular flexibility index (Phi) is 4.85. The molecule has 0 radical (unpaired) electrons. The summed E-state index contributed by atoms with van der Waals surface area (Å²) in [7, 11) is 0. The number of H-pyrrole nitrogens is 1. The highest BCUT2D eigenvalue weighted by Crippen LogP contribution is 2.29. The number of hydrogen-bond donors (Lipinski definition) is 3. The second kappa shape index (κ2) is 7.40. The van der Waals surface area contributed by atoms with Gasteiger partial charge in [-0.25, -0.2) is 4.79 Å². The molecular formula is C20H15NO5. The van der Waals surface area contributed by atoms with Crippen LogP contribution >= 0.6 is 0 Å². The fourth-order valence-electron chi connectivity index (χ4n) is 2.30. The quantitative estimate of drug-likeness (QED) is 0.373. The first-order valence-electron chi connectivity index (χ1n) is 7.73. The Bertz CT molecular complexity index is 956. The minimum Gasteiger partial charge on any atom is -0.494 e. The maximum atomic E-state index is 12.3. The molecule has 6 heteroatoms. The van der Waals surface area contributed by atoms with E-state index in [1.54, 1.807) is 48.5 Å². The molecule has 0 fully saturated rings. The van der Waals surface area contributed by atoms with Crippen molar-refractivity contribution in [2.24, 2.45) is 0 Å². The van der Waals surface area contributed by atoms with Crippen LogP contribution in [-0.2, 0) is 4.79 Å². The van der Waals surface area contributed by atoms with Gasteiger partial charge in [-0.15, -0.1) is 0 Å². The molecule has 0 aliphatic heterocycles. The van der Waals surface area contributed by atoms with E-state index in [0.29, 0.717) is 16.7 Å². The summed E-state index contributed by atoms with van der Waals surface area (Å²) in [6.07, 6.45) is 2.69. The predicted octanol–water partition coefficient (Wildman–Crippen LogP) is 3.28. The van der Waals surface area contributed by atoms with Gasteiger partial charge in [0.2, 0.25) is 5.88 Å². The third-order valence-corrected chi connectivity index (χ3v) is 3.58. The standard InChI is InChI=1S/C20H15NO5/c22-17-12-16(20(25)21-17)26-18(23)11-8-13-6-9-15(10-7-13)19(24)14-4-2-1-3-5-14/h1-12,21-22,25H. The second-order valence-corrected chi connectivity index (χ2v) is 5.44. The minimum atomic E-state index is -0.719. The molecule has 0 aliphatic carbocycles. The molecular weight excluding hydrogens is 334 g/mol. The molecule has 130 valence electrons. The Hall–Kier alpha value is -3.80. The highest BCUT2D eigenvalue weighted by atomic mass is 16.5. The summed E-state index contributed by atoms with van der Waals surface area (Å²) in [5, 5.41) is 18.5. The summed E-state index contributed by atoms with van der Waals surface area (Å²) < 4.78 is 4.89. The first-order valence-corrected chi connectivity index (χ1v) is 7.73. The van der Waals surface area contributed by atoms with Gasteiger partial charge in [-0.2, -0.15) is 0 Å². The molecule has 0 amide bonds. The van der Waals surface area contributed by atoms with Gasteiger partial charge < -0.3 is 14.9 Å². The van der Waals surface area contributed by atoms with Crippen molar-refractivity contribution in [3.8, 4) is 17.5 Å². The first-order chi connectivity index (χ1) is 12.5. The SMILES string of the molecule is O=C(C=Cc1ccc(C(=O)c2ccccc2)cc1)Oc1cc(O)[nH]c1O. The zero-order valence-corrected chi connectivity index (χ0v) is 13.5. The van der Waals surface area contributed by atoms with Crippen LogP contribution in [0.4, 0.5) is 0 Å². The molecule has 26 heavy (non-hydrogen) atoms. The lowest BCUT2D eigenvalue weighted by molar-refractivity contribution is -0.129. The van der Waals surface area contributed by atoms with Crippen molar-refractivity contribution >= 4 is 17.8 Å². The van der Waals surface area contributed by atoms with E-state index in [9.17, 15) is 14.7 Å². The summed E-state index contributed by atoms with van der Waals surface area (Å²) in [6.45, 7) is 0. The van der Waals surface area contributed by atoms with Gasteiger partial charge in [-0.1, -0.05) is 54.6 Å². The molecule has 3 rings (SSSR count). The van der Waals surface area contributed by atoms with E-state index in [2.05, 4.69) is 4.98 Å². The van der Waals surface area contributed by atoms with Crippen LogP contribution in [0.25, 0.3) is 6.08 Å². The zero-order valence-electron chi connectivity index (χ0n) is 13.5. The lowest BCUT2D eigenvalue weighted by atomic mass is 10.0. The normalized spacial score (nSPS) is 10.8. The number of ether oxygens (including phenoxy) is 1. The van der Waals surface area contributed by atoms with Crippen molar-refractivity contribution in [3.05, 3.63) is 83.4 Å². The maximum Gasteiger partial charge on any atom is 0.336 e. The van der Waals surface area contributed by atoms with Crippen molar-refractivity contribution in [3.63, 3.8) is 0 Å². The van der Waals surface area contributed by atoms with Gasteiger partial charge in [0.1, 0.15) is 0 Å². The number of nitrogens with one attached hydrogen (secondary N) is 1. The van der Waals surface area contributed by atoms with Crippen LogP contribution in [-0.4, -0.2) is 26.9 Å². The third kappa shape index (κ3) is 3.99. The molecule has 0 aliphatic rings. The Morgan fingerprint density at radius 2 is 1.58 bits per heavy atom. The van der Waals surface area contributed by atoms with Crippen LogP contribution in [0.15, 0.2) is 66.7 Å². The molecule has 0 atom stereocenters. The fourth-order valence-corrected chi connectivity index (χ4v) is 2.30. The highest BCUT2D eigenvalue weighted by molar-refractivity contribution is 6.09. The van der Waals surface area contributed by atoms with Gasteiger partial charge in [-0.05, 0) is 11.6 Å². The topological polar surface area (TPSA) is 99.6 Å². The molecule has 1 heterocycles. The van der Waals surface area contributed by atoms with E-state index < -0.39 is 11.8 Å². The summed E-state index contributed by atoms with van der Waals surface area (Å²) in [5.74, 6) is -1.71. The van der Waals surface area contributed by atoms with Crippen molar-refractivity contribution in [1.29, 1.82) is 0 Å². The molecule has 6 nitrogen and oxygen atoms in total. The van der Waals surface area contributed by atoms with Crippen molar-refractivity contribution in [2.45, 2.75) is 0 Å². The Labute approximate surface area is 149 Å². The number of benzene rings is 2.